The van der Waals surface area contributed by atoms with E-state index in [1.54, 1.807) is 24.0 Å². The van der Waals surface area contributed by atoms with Crippen LogP contribution in [0.15, 0.2) is 18.2 Å². The van der Waals surface area contributed by atoms with Gasteiger partial charge >= 0.3 is 0 Å². The van der Waals surface area contributed by atoms with Gasteiger partial charge in [-0.25, -0.2) is 0 Å². The molecule has 1 unspecified atom stereocenters. The second-order valence-corrected chi connectivity index (χ2v) is 4.74. The topological polar surface area (TPSA) is 75.4 Å². The molecule has 0 fully saturated rings. The van der Waals surface area contributed by atoms with Crippen molar-refractivity contribution in [1.82, 2.24) is 10.2 Å². The predicted molar refractivity (Wildman–Crippen MR) is 80.4 cm³/mol. The highest BCUT2D eigenvalue weighted by Crippen LogP contribution is 2.16. The molecule has 2 amide bonds. The van der Waals surface area contributed by atoms with Gasteiger partial charge in [-0.05, 0) is 39.3 Å². The van der Waals surface area contributed by atoms with Gasteiger partial charge in [0, 0.05) is 18.8 Å². The number of nitrogen functional groups attached to an aromatic ring is 1. The van der Waals surface area contributed by atoms with Crippen molar-refractivity contribution in [3.05, 3.63) is 29.3 Å². The van der Waals surface area contributed by atoms with Crippen molar-refractivity contribution in [2.24, 2.45) is 0 Å². The van der Waals surface area contributed by atoms with Crippen LogP contribution in [0.2, 0.25) is 0 Å². The molecule has 0 aliphatic rings. The van der Waals surface area contributed by atoms with E-state index in [0.29, 0.717) is 24.3 Å². The summed E-state index contributed by atoms with van der Waals surface area (Å²) in [5, 5.41) is 2.72. The summed E-state index contributed by atoms with van der Waals surface area (Å²) in [5.41, 5.74) is 7.48. The van der Waals surface area contributed by atoms with Crippen LogP contribution in [0.4, 0.5) is 5.69 Å². The fourth-order valence-corrected chi connectivity index (χ4v) is 2.14. The maximum atomic E-state index is 12.2. The maximum Gasteiger partial charge on any atom is 0.254 e. The quantitative estimate of drug-likeness (QED) is 0.802. The highest BCUT2D eigenvalue weighted by molar-refractivity contribution is 6.02. The largest absolute Gasteiger partial charge is 0.398 e. The predicted octanol–water partition coefficient (Wildman–Crippen LogP) is 1.56. The van der Waals surface area contributed by atoms with Gasteiger partial charge in [-0.2, -0.15) is 0 Å². The van der Waals surface area contributed by atoms with Crippen LogP contribution < -0.4 is 11.1 Å². The van der Waals surface area contributed by atoms with Crippen molar-refractivity contribution in [3.63, 3.8) is 0 Å². The molecule has 5 heteroatoms. The number of likely N-dealkylation sites (N-methyl/N-ethyl adjacent to an activating group) is 1. The average molecular weight is 277 g/mol. The number of nitrogens with two attached hydrogens (primary N) is 1. The molecule has 20 heavy (non-hydrogen) atoms. The zero-order valence-corrected chi connectivity index (χ0v) is 12.6. The summed E-state index contributed by atoms with van der Waals surface area (Å²) in [4.78, 5) is 26.0. The molecule has 0 aliphatic carbocycles. The van der Waals surface area contributed by atoms with Crippen LogP contribution in [-0.4, -0.2) is 35.8 Å². The summed E-state index contributed by atoms with van der Waals surface area (Å²) >= 11 is 0. The molecule has 0 saturated carbocycles. The maximum absolute atomic E-state index is 12.2. The van der Waals surface area contributed by atoms with Crippen molar-refractivity contribution >= 4 is 17.5 Å². The molecule has 0 aliphatic heterocycles. The van der Waals surface area contributed by atoms with Crippen molar-refractivity contribution in [2.75, 3.05) is 18.8 Å². The Balaban J connectivity index is 2.83. The van der Waals surface area contributed by atoms with Crippen LogP contribution >= 0.6 is 0 Å². The molecule has 1 atom stereocenters. The van der Waals surface area contributed by atoms with Gasteiger partial charge in [-0.1, -0.05) is 12.1 Å². The van der Waals surface area contributed by atoms with Crippen LogP contribution in [0.25, 0.3) is 0 Å². The van der Waals surface area contributed by atoms with E-state index in [-0.39, 0.29) is 11.8 Å². The monoisotopic (exact) mass is 277 g/mol. The second kappa shape index (κ2) is 6.93. The molecule has 3 N–H and O–H groups in total. The molecule has 0 saturated heterocycles. The Morgan fingerprint density at radius 2 is 1.90 bits per heavy atom. The molecule has 0 bridgehead atoms. The van der Waals surface area contributed by atoms with Gasteiger partial charge < -0.3 is 16.0 Å². The van der Waals surface area contributed by atoms with Gasteiger partial charge in [0.1, 0.15) is 6.04 Å². The first-order chi connectivity index (χ1) is 9.42. The molecular formula is C15H23N3O2. The lowest BCUT2D eigenvalue weighted by atomic mass is 10.1. The number of nitrogens with one attached hydrogen (secondary N) is 1. The molecule has 0 heterocycles. The van der Waals surface area contributed by atoms with Gasteiger partial charge in [0.2, 0.25) is 5.91 Å². The van der Waals surface area contributed by atoms with Crippen LogP contribution in [0, 0.1) is 6.92 Å². The Morgan fingerprint density at radius 1 is 1.30 bits per heavy atom. The molecule has 5 nitrogen and oxygen atoms in total. The number of amides is 2. The fourth-order valence-electron chi connectivity index (χ4n) is 2.14. The standard InChI is InChI=1S/C15H23N3O2/c1-5-18(6-2)15(20)11(4)17-14(19)13-10(3)8-7-9-12(13)16/h7-9,11H,5-6,16H2,1-4H3,(H,17,19). The summed E-state index contributed by atoms with van der Waals surface area (Å²) in [7, 11) is 0. The number of rotatable bonds is 5. The molecule has 1 aromatic carbocycles. The highest BCUT2D eigenvalue weighted by Gasteiger charge is 2.22. The van der Waals surface area contributed by atoms with E-state index >= 15 is 0 Å². The van der Waals surface area contributed by atoms with Gasteiger partial charge in [0.15, 0.2) is 0 Å². The lowest BCUT2D eigenvalue weighted by Crippen LogP contribution is -2.47. The number of carbonyl (C=O) groups excluding carboxylic acids is 2. The van der Waals surface area contributed by atoms with E-state index in [4.69, 9.17) is 5.73 Å². The number of aryl methyl sites for hydroxylation is 1. The third kappa shape index (κ3) is 3.50. The van der Waals surface area contributed by atoms with Gasteiger partial charge in [-0.15, -0.1) is 0 Å². The normalized spacial score (nSPS) is 11.8. The van der Waals surface area contributed by atoms with Gasteiger partial charge in [-0.3, -0.25) is 9.59 Å². The third-order valence-corrected chi connectivity index (χ3v) is 3.33. The number of anilines is 1. The van der Waals surface area contributed by atoms with Gasteiger partial charge in [0.05, 0.1) is 5.56 Å². The SMILES string of the molecule is CCN(CC)C(=O)C(C)NC(=O)c1c(C)cccc1N. The van der Waals surface area contributed by atoms with E-state index < -0.39 is 6.04 Å². The smallest absolute Gasteiger partial charge is 0.254 e. The Hall–Kier alpha value is -2.04. The number of hydrogen-bond acceptors (Lipinski definition) is 3. The molecule has 110 valence electrons. The number of nitrogens with zero attached hydrogens (tertiary/aromatic N) is 1. The molecule has 1 aromatic rings. The van der Waals surface area contributed by atoms with E-state index in [9.17, 15) is 9.59 Å². The average Bonchev–Trinajstić information content (AvgIpc) is 2.39. The van der Waals surface area contributed by atoms with Gasteiger partial charge in [0.25, 0.3) is 5.91 Å². The summed E-state index contributed by atoms with van der Waals surface area (Å²) in [5.74, 6) is -0.399. The van der Waals surface area contributed by atoms with Crippen LogP contribution in [-0.2, 0) is 4.79 Å². The summed E-state index contributed by atoms with van der Waals surface area (Å²) in [6, 6.07) is 4.73. The first kappa shape index (κ1) is 16.0. The summed E-state index contributed by atoms with van der Waals surface area (Å²) in [6.07, 6.45) is 0. The molecular weight excluding hydrogens is 254 g/mol. The Labute approximate surface area is 120 Å². The van der Waals surface area contributed by atoms with Crippen molar-refractivity contribution in [2.45, 2.75) is 33.7 Å². The Kier molecular flexibility index (Phi) is 5.55. The highest BCUT2D eigenvalue weighted by atomic mass is 16.2. The molecule has 0 aromatic heterocycles. The second-order valence-electron chi connectivity index (χ2n) is 4.74. The van der Waals surface area contributed by atoms with Crippen molar-refractivity contribution in [3.8, 4) is 0 Å². The van der Waals surface area contributed by atoms with E-state index in [2.05, 4.69) is 5.32 Å². The summed E-state index contributed by atoms with van der Waals surface area (Å²) in [6.45, 7) is 8.59. The first-order valence-corrected chi connectivity index (χ1v) is 6.87. The van der Waals surface area contributed by atoms with E-state index in [1.807, 2.05) is 26.8 Å². The van der Waals surface area contributed by atoms with Crippen LogP contribution in [0.1, 0.15) is 36.7 Å². The zero-order chi connectivity index (χ0) is 15.3. The van der Waals surface area contributed by atoms with E-state index in [0.717, 1.165) is 5.56 Å². The minimum Gasteiger partial charge on any atom is -0.398 e. The Bertz CT molecular complexity index is 476. The third-order valence-electron chi connectivity index (χ3n) is 3.33. The lowest BCUT2D eigenvalue weighted by Gasteiger charge is -2.23. The summed E-state index contributed by atoms with van der Waals surface area (Å²) < 4.78 is 0. The van der Waals surface area contributed by atoms with E-state index in [1.165, 1.54) is 0 Å². The van der Waals surface area contributed by atoms with Crippen LogP contribution in [0.5, 0.6) is 0 Å². The first-order valence-electron chi connectivity index (χ1n) is 6.87. The fraction of sp³-hybridized carbons (Fsp3) is 0.467. The lowest BCUT2D eigenvalue weighted by molar-refractivity contribution is -0.132. The van der Waals surface area contributed by atoms with Crippen LogP contribution in [0.3, 0.4) is 0 Å². The molecule has 1 rings (SSSR count). The molecule has 0 radical (unpaired) electrons. The number of carbonyl (C=O) groups is 2. The number of hydrogen-bond donors (Lipinski definition) is 2. The van der Waals surface area contributed by atoms with Crippen molar-refractivity contribution < 1.29 is 9.59 Å². The minimum absolute atomic E-state index is 0.0875. The zero-order valence-electron chi connectivity index (χ0n) is 12.6. The Morgan fingerprint density at radius 3 is 2.40 bits per heavy atom. The van der Waals surface area contributed by atoms with Crippen molar-refractivity contribution in [1.29, 1.82) is 0 Å². The molecule has 0 spiro atoms. The number of benzene rings is 1. The minimum atomic E-state index is -0.568.